The van der Waals surface area contributed by atoms with Crippen LogP contribution in [0.1, 0.15) is 5.56 Å². The average Bonchev–Trinajstić information content (AvgIpc) is 2.26. The third kappa shape index (κ3) is 4.53. The number of nitrogens with one attached hydrogen (secondary N) is 1. The van der Waals surface area contributed by atoms with Crippen molar-refractivity contribution in [3.8, 4) is 0 Å². The van der Waals surface area contributed by atoms with Crippen LogP contribution in [0, 0.1) is 5.95 Å². The Kier molecular flexibility index (Phi) is 4.41. The zero-order chi connectivity index (χ0) is 14.6. The van der Waals surface area contributed by atoms with Crippen LogP contribution in [0.15, 0.2) is 18.3 Å². The number of nitrogens with zero attached hydrogens (tertiary/aromatic N) is 1. The van der Waals surface area contributed by atoms with E-state index in [0.717, 1.165) is 12.3 Å². The number of aliphatic carboxylic acids is 1. The highest BCUT2D eigenvalue weighted by molar-refractivity contribution is 5.87. The van der Waals surface area contributed by atoms with E-state index in [-0.39, 0.29) is 5.56 Å². The van der Waals surface area contributed by atoms with Crippen LogP contribution in [0.5, 0.6) is 0 Å². The summed E-state index contributed by atoms with van der Waals surface area (Å²) in [7, 11) is 0. The maximum absolute atomic E-state index is 12.7. The van der Waals surface area contributed by atoms with E-state index in [1.54, 1.807) is 0 Å². The predicted molar refractivity (Wildman–Crippen MR) is 53.5 cm³/mol. The van der Waals surface area contributed by atoms with Crippen LogP contribution in [-0.2, 0) is 16.0 Å². The van der Waals surface area contributed by atoms with Crippen molar-refractivity contribution < 1.29 is 32.3 Å². The van der Waals surface area contributed by atoms with Crippen molar-refractivity contribution in [2.75, 3.05) is 0 Å². The lowest BCUT2D eigenvalue weighted by molar-refractivity contribution is -0.175. The quantitative estimate of drug-likeness (QED) is 0.634. The zero-order valence-electron chi connectivity index (χ0n) is 9.24. The Bertz CT molecular complexity index is 490. The van der Waals surface area contributed by atoms with Gasteiger partial charge in [0.05, 0.1) is 0 Å². The number of alkyl halides is 3. The van der Waals surface area contributed by atoms with Crippen LogP contribution in [0.25, 0.3) is 0 Å². The van der Waals surface area contributed by atoms with Gasteiger partial charge in [0.1, 0.15) is 6.04 Å². The highest BCUT2D eigenvalue weighted by Crippen LogP contribution is 2.15. The molecule has 5 nitrogen and oxygen atoms in total. The lowest BCUT2D eigenvalue weighted by Crippen LogP contribution is -2.47. The van der Waals surface area contributed by atoms with Gasteiger partial charge in [0.25, 0.3) is 0 Å². The first-order chi connectivity index (χ1) is 8.70. The smallest absolute Gasteiger partial charge is 0.471 e. The van der Waals surface area contributed by atoms with Gasteiger partial charge in [-0.05, 0) is 17.7 Å². The molecule has 0 aliphatic heterocycles. The molecule has 1 atom stereocenters. The first-order valence-electron chi connectivity index (χ1n) is 4.91. The monoisotopic (exact) mass is 280 g/mol. The second-order valence-corrected chi connectivity index (χ2v) is 3.55. The highest BCUT2D eigenvalue weighted by atomic mass is 19.4. The van der Waals surface area contributed by atoms with Crippen molar-refractivity contribution >= 4 is 11.9 Å². The lowest BCUT2D eigenvalue weighted by atomic mass is 10.1. The summed E-state index contributed by atoms with van der Waals surface area (Å²) in [6.45, 7) is 0. The Labute approximate surface area is 104 Å². The minimum atomic E-state index is -5.18. The second-order valence-electron chi connectivity index (χ2n) is 3.55. The number of rotatable bonds is 4. The summed E-state index contributed by atoms with van der Waals surface area (Å²) in [4.78, 5) is 24.6. The zero-order valence-corrected chi connectivity index (χ0v) is 9.24. The molecule has 0 spiro atoms. The van der Waals surface area contributed by atoms with Crippen LogP contribution in [0.2, 0.25) is 0 Å². The Hall–Kier alpha value is -2.19. The summed E-state index contributed by atoms with van der Waals surface area (Å²) in [5.41, 5.74) is 0.0994. The van der Waals surface area contributed by atoms with E-state index in [4.69, 9.17) is 5.11 Å². The fraction of sp³-hybridized carbons (Fsp3) is 0.300. The molecule has 1 amide bonds. The number of carbonyl (C=O) groups excluding carboxylic acids is 1. The van der Waals surface area contributed by atoms with Gasteiger partial charge in [-0.1, -0.05) is 0 Å². The first kappa shape index (κ1) is 14.9. The van der Waals surface area contributed by atoms with Crippen molar-refractivity contribution in [2.45, 2.75) is 18.6 Å². The molecule has 1 aromatic rings. The van der Waals surface area contributed by atoms with Crippen LogP contribution in [-0.4, -0.2) is 34.2 Å². The number of amides is 1. The van der Waals surface area contributed by atoms with E-state index in [9.17, 15) is 27.2 Å². The molecular formula is C10H8F4N2O3. The van der Waals surface area contributed by atoms with Gasteiger partial charge >= 0.3 is 18.1 Å². The summed E-state index contributed by atoms with van der Waals surface area (Å²) >= 11 is 0. The number of hydrogen-bond acceptors (Lipinski definition) is 3. The normalized spacial score (nSPS) is 12.8. The van der Waals surface area contributed by atoms with E-state index in [0.29, 0.717) is 0 Å². The third-order valence-corrected chi connectivity index (χ3v) is 2.09. The summed E-state index contributed by atoms with van der Waals surface area (Å²) in [6, 6.07) is 0.296. The summed E-state index contributed by atoms with van der Waals surface area (Å²) in [5.74, 6) is -4.92. The summed E-state index contributed by atoms with van der Waals surface area (Å²) in [5, 5.41) is 10.0. The molecule has 0 saturated heterocycles. The SMILES string of the molecule is O=C(O)[C@H](Cc1ccnc(F)c1)NC(=O)C(F)(F)F. The van der Waals surface area contributed by atoms with Gasteiger partial charge in [-0.25, -0.2) is 9.78 Å². The van der Waals surface area contributed by atoms with Crippen LogP contribution in [0.3, 0.4) is 0 Å². The molecule has 104 valence electrons. The number of pyridine rings is 1. The van der Waals surface area contributed by atoms with Gasteiger partial charge in [0.15, 0.2) is 0 Å². The van der Waals surface area contributed by atoms with Gasteiger partial charge in [0.2, 0.25) is 5.95 Å². The van der Waals surface area contributed by atoms with Gasteiger partial charge in [-0.15, -0.1) is 0 Å². The summed E-state index contributed by atoms with van der Waals surface area (Å²) in [6.07, 6.45) is -4.64. The maximum atomic E-state index is 12.7. The molecule has 0 aliphatic rings. The molecule has 1 aromatic heterocycles. The first-order valence-corrected chi connectivity index (χ1v) is 4.91. The standard InChI is InChI=1S/C10H8F4N2O3/c11-7-4-5(1-2-15-7)3-6(8(17)18)16-9(19)10(12,13)14/h1-2,4,6H,3H2,(H,16,19)(H,17,18)/t6-/m0/s1. The van der Waals surface area contributed by atoms with E-state index in [2.05, 4.69) is 4.98 Å². The molecule has 0 saturated carbocycles. The molecule has 2 N–H and O–H groups in total. The topological polar surface area (TPSA) is 79.3 Å². The Morgan fingerprint density at radius 1 is 1.42 bits per heavy atom. The number of halogens is 4. The number of carboxylic acids is 1. The third-order valence-electron chi connectivity index (χ3n) is 2.09. The fourth-order valence-corrected chi connectivity index (χ4v) is 1.25. The van der Waals surface area contributed by atoms with Crippen molar-refractivity contribution in [3.63, 3.8) is 0 Å². The summed E-state index contributed by atoms with van der Waals surface area (Å²) < 4.78 is 48.7. The molecular weight excluding hydrogens is 272 g/mol. The van der Waals surface area contributed by atoms with Gasteiger partial charge in [-0.2, -0.15) is 17.6 Å². The minimum absolute atomic E-state index is 0.0994. The van der Waals surface area contributed by atoms with Crippen molar-refractivity contribution in [3.05, 3.63) is 29.8 Å². The molecule has 1 heterocycles. The highest BCUT2D eigenvalue weighted by Gasteiger charge is 2.40. The van der Waals surface area contributed by atoms with Crippen LogP contribution >= 0.6 is 0 Å². The molecule has 0 radical (unpaired) electrons. The van der Waals surface area contributed by atoms with Gasteiger partial charge < -0.3 is 10.4 Å². The lowest BCUT2D eigenvalue weighted by Gasteiger charge is -2.15. The minimum Gasteiger partial charge on any atom is -0.480 e. The predicted octanol–water partition coefficient (Wildman–Crippen LogP) is 0.895. The maximum Gasteiger partial charge on any atom is 0.471 e. The number of carbonyl (C=O) groups is 2. The molecule has 1 rings (SSSR count). The molecule has 19 heavy (non-hydrogen) atoms. The van der Waals surface area contributed by atoms with Crippen molar-refractivity contribution in [2.24, 2.45) is 0 Å². The molecule has 0 aromatic carbocycles. The van der Waals surface area contributed by atoms with Crippen LogP contribution in [0.4, 0.5) is 17.6 Å². The molecule has 0 fully saturated rings. The van der Waals surface area contributed by atoms with E-state index >= 15 is 0 Å². The van der Waals surface area contributed by atoms with Crippen molar-refractivity contribution in [1.82, 2.24) is 10.3 Å². The Balaban J connectivity index is 2.80. The number of carboxylic acid groups (broad SMARTS) is 1. The molecule has 9 heteroatoms. The molecule has 0 aliphatic carbocycles. The number of aromatic nitrogens is 1. The average molecular weight is 280 g/mol. The fourth-order valence-electron chi connectivity index (χ4n) is 1.25. The Morgan fingerprint density at radius 2 is 2.05 bits per heavy atom. The van der Waals surface area contributed by atoms with Crippen molar-refractivity contribution in [1.29, 1.82) is 0 Å². The van der Waals surface area contributed by atoms with E-state index < -0.39 is 36.5 Å². The molecule has 0 unspecified atom stereocenters. The number of hydrogen-bond donors (Lipinski definition) is 2. The largest absolute Gasteiger partial charge is 0.480 e. The van der Waals surface area contributed by atoms with Gasteiger partial charge in [-0.3, -0.25) is 4.79 Å². The van der Waals surface area contributed by atoms with Gasteiger partial charge in [0, 0.05) is 12.6 Å². The molecule has 0 bridgehead atoms. The van der Waals surface area contributed by atoms with E-state index in [1.807, 2.05) is 0 Å². The van der Waals surface area contributed by atoms with E-state index in [1.165, 1.54) is 11.4 Å². The van der Waals surface area contributed by atoms with Crippen LogP contribution < -0.4 is 5.32 Å². The second kappa shape index (κ2) is 5.63. The Morgan fingerprint density at radius 3 is 2.53 bits per heavy atom.